The number of aliphatic hydroxyl groups is 1. The van der Waals surface area contributed by atoms with Crippen LogP contribution in [0.2, 0.25) is 0 Å². The van der Waals surface area contributed by atoms with Crippen molar-refractivity contribution in [2.24, 2.45) is 0 Å². The van der Waals surface area contributed by atoms with Crippen molar-refractivity contribution in [1.82, 2.24) is 10.3 Å². The maximum Gasteiger partial charge on any atom is 0.270 e. The molecule has 0 aliphatic heterocycles. The van der Waals surface area contributed by atoms with Crippen LogP contribution in [-0.4, -0.2) is 28.1 Å². The van der Waals surface area contributed by atoms with Gasteiger partial charge >= 0.3 is 0 Å². The van der Waals surface area contributed by atoms with E-state index in [2.05, 4.69) is 10.3 Å². The number of carbonyl (C=O) groups excluding carboxylic acids is 1. The number of rotatable bonds is 3. The maximum atomic E-state index is 11.6. The predicted octanol–water partition coefficient (Wildman–Crippen LogP) is 0.891. The van der Waals surface area contributed by atoms with Gasteiger partial charge in [-0.1, -0.05) is 6.07 Å². The first-order valence-electron chi connectivity index (χ1n) is 4.82. The molecule has 0 aliphatic rings. The highest BCUT2D eigenvalue weighted by molar-refractivity contribution is 5.93. The minimum atomic E-state index is -0.904. The molecule has 1 rings (SSSR count). The molecule has 1 aromatic rings. The van der Waals surface area contributed by atoms with E-state index in [1.165, 1.54) is 0 Å². The molecule has 0 saturated heterocycles. The van der Waals surface area contributed by atoms with Gasteiger partial charge in [-0.05, 0) is 32.4 Å². The van der Waals surface area contributed by atoms with E-state index in [0.717, 1.165) is 5.56 Å². The molecule has 4 heteroatoms. The van der Waals surface area contributed by atoms with Gasteiger partial charge in [0.05, 0.1) is 5.60 Å². The topological polar surface area (TPSA) is 62.2 Å². The summed E-state index contributed by atoms with van der Waals surface area (Å²) in [4.78, 5) is 15.6. The van der Waals surface area contributed by atoms with Gasteiger partial charge in [0.25, 0.3) is 5.91 Å². The van der Waals surface area contributed by atoms with Crippen molar-refractivity contribution in [2.45, 2.75) is 26.4 Å². The zero-order valence-electron chi connectivity index (χ0n) is 9.24. The fraction of sp³-hybridized carbons (Fsp3) is 0.455. The summed E-state index contributed by atoms with van der Waals surface area (Å²) >= 11 is 0. The molecule has 0 unspecified atom stereocenters. The first-order valence-corrected chi connectivity index (χ1v) is 4.82. The summed E-state index contributed by atoms with van der Waals surface area (Å²) in [5.74, 6) is -0.254. The van der Waals surface area contributed by atoms with Crippen LogP contribution in [0.5, 0.6) is 0 Å². The van der Waals surface area contributed by atoms with Crippen molar-refractivity contribution in [3.8, 4) is 0 Å². The van der Waals surface area contributed by atoms with Crippen LogP contribution in [-0.2, 0) is 0 Å². The second-order valence-electron chi connectivity index (χ2n) is 4.16. The minimum Gasteiger partial charge on any atom is -0.389 e. The smallest absolute Gasteiger partial charge is 0.270 e. The molecule has 82 valence electrons. The van der Waals surface area contributed by atoms with Crippen molar-refractivity contribution < 1.29 is 9.90 Å². The lowest BCUT2D eigenvalue weighted by Crippen LogP contribution is -2.38. The van der Waals surface area contributed by atoms with Crippen LogP contribution < -0.4 is 5.32 Å². The van der Waals surface area contributed by atoms with Crippen molar-refractivity contribution in [2.75, 3.05) is 6.54 Å². The van der Waals surface area contributed by atoms with Gasteiger partial charge in [0, 0.05) is 12.7 Å². The van der Waals surface area contributed by atoms with Gasteiger partial charge in [0.2, 0.25) is 0 Å². The van der Waals surface area contributed by atoms with Crippen LogP contribution in [0.3, 0.4) is 0 Å². The molecular weight excluding hydrogens is 192 g/mol. The van der Waals surface area contributed by atoms with Crippen LogP contribution in [0, 0.1) is 6.92 Å². The Morgan fingerprint density at radius 1 is 1.60 bits per heavy atom. The van der Waals surface area contributed by atoms with Crippen LogP contribution >= 0.6 is 0 Å². The Hall–Kier alpha value is -1.42. The number of aryl methyl sites for hydroxylation is 1. The zero-order chi connectivity index (χ0) is 11.5. The van der Waals surface area contributed by atoms with Gasteiger partial charge in [-0.25, -0.2) is 0 Å². The van der Waals surface area contributed by atoms with Crippen LogP contribution in [0.15, 0.2) is 18.3 Å². The number of hydrogen-bond donors (Lipinski definition) is 2. The third-order valence-corrected chi connectivity index (χ3v) is 1.91. The van der Waals surface area contributed by atoms with Gasteiger partial charge < -0.3 is 10.4 Å². The average molecular weight is 208 g/mol. The summed E-state index contributed by atoms with van der Waals surface area (Å²) in [6, 6.07) is 3.61. The fourth-order valence-corrected chi connectivity index (χ4v) is 1.10. The molecule has 1 heterocycles. The van der Waals surface area contributed by atoms with E-state index >= 15 is 0 Å². The Morgan fingerprint density at radius 2 is 2.27 bits per heavy atom. The molecule has 0 saturated carbocycles. The standard InChI is InChI=1S/C11H16N2O2/c1-8-5-4-6-12-9(8)10(14)13-7-11(2,3)15/h4-6,15H,7H2,1-3H3,(H,13,14). The SMILES string of the molecule is Cc1cccnc1C(=O)NCC(C)(C)O. The quantitative estimate of drug-likeness (QED) is 0.775. The van der Waals surface area contributed by atoms with Gasteiger partial charge in [0.1, 0.15) is 5.69 Å². The molecule has 1 aromatic heterocycles. The molecule has 0 fully saturated rings. The predicted molar refractivity (Wildman–Crippen MR) is 57.6 cm³/mol. The molecule has 0 aliphatic carbocycles. The van der Waals surface area contributed by atoms with E-state index in [0.29, 0.717) is 5.69 Å². The number of nitrogens with zero attached hydrogens (tertiary/aromatic N) is 1. The van der Waals surface area contributed by atoms with E-state index in [1.807, 2.05) is 13.0 Å². The summed E-state index contributed by atoms with van der Waals surface area (Å²) < 4.78 is 0. The molecule has 0 bridgehead atoms. The lowest BCUT2D eigenvalue weighted by Gasteiger charge is -2.17. The number of nitrogens with one attached hydrogen (secondary N) is 1. The Labute approximate surface area is 89.3 Å². The summed E-state index contributed by atoms with van der Waals surface area (Å²) in [5, 5.41) is 12.1. The maximum absolute atomic E-state index is 11.6. The van der Waals surface area contributed by atoms with Crippen LogP contribution in [0.4, 0.5) is 0 Å². The molecular formula is C11H16N2O2. The van der Waals surface area contributed by atoms with E-state index in [9.17, 15) is 9.90 Å². The second-order valence-corrected chi connectivity index (χ2v) is 4.16. The molecule has 15 heavy (non-hydrogen) atoms. The highest BCUT2D eigenvalue weighted by Gasteiger charge is 2.16. The largest absolute Gasteiger partial charge is 0.389 e. The lowest BCUT2D eigenvalue weighted by atomic mass is 10.1. The Balaban J connectivity index is 2.66. The summed E-state index contributed by atoms with van der Waals surface area (Å²) in [5.41, 5.74) is 0.325. The van der Waals surface area contributed by atoms with Gasteiger partial charge in [0.15, 0.2) is 0 Å². The summed E-state index contributed by atoms with van der Waals surface area (Å²) in [7, 11) is 0. The average Bonchev–Trinajstić information content (AvgIpc) is 2.14. The molecule has 0 spiro atoms. The van der Waals surface area contributed by atoms with Crippen molar-refractivity contribution in [1.29, 1.82) is 0 Å². The first kappa shape index (κ1) is 11.7. The Bertz CT molecular complexity index is 356. The van der Waals surface area contributed by atoms with E-state index in [-0.39, 0.29) is 12.5 Å². The third-order valence-electron chi connectivity index (χ3n) is 1.91. The normalized spacial score (nSPS) is 11.2. The van der Waals surface area contributed by atoms with Gasteiger partial charge in [-0.15, -0.1) is 0 Å². The monoisotopic (exact) mass is 208 g/mol. The fourth-order valence-electron chi connectivity index (χ4n) is 1.10. The van der Waals surface area contributed by atoms with Crippen molar-refractivity contribution >= 4 is 5.91 Å². The minimum absolute atomic E-state index is 0.210. The zero-order valence-corrected chi connectivity index (χ0v) is 9.24. The summed E-state index contributed by atoms with van der Waals surface area (Å²) in [6.07, 6.45) is 1.58. The van der Waals surface area contributed by atoms with Crippen LogP contribution in [0.1, 0.15) is 29.9 Å². The second kappa shape index (κ2) is 4.40. The van der Waals surface area contributed by atoms with Gasteiger partial charge in [-0.3, -0.25) is 9.78 Å². The lowest BCUT2D eigenvalue weighted by molar-refractivity contribution is 0.0691. The van der Waals surface area contributed by atoms with E-state index < -0.39 is 5.60 Å². The van der Waals surface area contributed by atoms with Gasteiger partial charge in [-0.2, -0.15) is 0 Å². The molecule has 1 amide bonds. The van der Waals surface area contributed by atoms with Crippen molar-refractivity contribution in [3.63, 3.8) is 0 Å². The number of pyridine rings is 1. The summed E-state index contributed by atoms with van der Waals surface area (Å²) in [6.45, 7) is 5.31. The molecule has 2 N–H and O–H groups in total. The molecule has 0 atom stereocenters. The van der Waals surface area contributed by atoms with Crippen LogP contribution in [0.25, 0.3) is 0 Å². The molecule has 0 radical (unpaired) electrons. The highest BCUT2D eigenvalue weighted by Crippen LogP contribution is 2.04. The highest BCUT2D eigenvalue weighted by atomic mass is 16.3. The first-order chi connectivity index (χ1) is 6.90. The van der Waals surface area contributed by atoms with E-state index in [1.54, 1.807) is 26.1 Å². The number of amides is 1. The number of carbonyl (C=O) groups is 1. The number of aromatic nitrogens is 1. The third kappa shape index (κ3) is 3.67. The Kier molecular flexibility index (Phi) is 3.42. The van der Waals surface area contributed by atoms with Crippen molar-refractivity contribution in [3.05, 3.63) is 29.6 Å². The van der Waals surface area contributed by atoms with E-state index in [4.69, 9.17) is 0 Å². The number of hydrogen-bond acceptors (Lipinski definition) is 3. The molecule has 4 nitrogen and oxygen atoms in total. The Morgan fingerprint density at radius 3 is 2.80 bits per heavy atom. The molecule has 0 aromatic carbocycles.